The molecule has 0 saturated heterocycles. The molecule has 0 aliphatic heterocycles. The summed E-state index contributed by atoms with van der Waals surface area (Å²) in [5.41, 5.74) is -2.29. The first-order chi connectivity index (χ1) is 6.88. The van der Waals surface area contributed by atoms with Crippen molar-refractivity contribution in [2.45, 2.75) is 18.5 Å². The lowest BCUT2D eigenvalue weighted by atomic mass is 10.2. The molecule has 1 N–H and O–H groups in total. The number of carbonyl (C=O) groups is 1. The van der Waals surface area contributed by atoms with Crippen LogP contribution in [0.3, 0.4) is 0 Å². The first kappa shape index (κ1) is 12.0. The molecule has 0 amide bonds. The van der Waals surface area contributed by atoms with Crippen LogP contribution in [0, 0.1) is 0 Å². The number of alkyl halides is 2. The zero-order valence-electron chi connectivity index (χ0n) is 7.78. The molecule has 0 aliphatic carbocycles. The highest BCUT2D eigenvalue weighted by Crippen LogP contribution is 2.27. The predicted octanol–water partition coefficient (Wildman–Crippen LogP) is 2.18. The summed E-state index contributed by atoms with van der Waals surface area (Å²) in [6, 6.07) is 2.80. The summed E-state index contributed by atoms with van der Waals surface area (Å²) in [7, 11) is 1.46. The van der Waals surface area contributed by atoms with Gasteiger partial charge in [-0.2, -0.15) is 0 Å². The Morgan fingerprint density at radius 3 is 2.60 bits per heavy atom. The second-order valence-electron chi connectivity index (χ2n) is 3.10. The Bertz CT molecular complexity index is 348. The largest absolute Gasteiger partial charge is 0.478 e. The number of carboxylic acids is 1. The summed E-state index contributed by atoms with van der Waals surface area (Å²) >= 11 is 0. The van der Waals surface area contributed by atoms with Crippen LogP contribution in [-0.2, 0) is 6.42 Å². The van der Waals surface area contributed by atoms with Crippen molar-refractivity contribution in [2.24, 2.45) is 0 Å². The van der Waals surface area contributed by atoms with Gasteiger partial charge in [-0.05, 0) is 18.6 Å². The highest BCUT2D eigenvalue weighted by Gasteiger charge is 2.20. The van der Waals surface area contributed by atoms with Crippen LogP contribution in [0.15, 0.2) is 18.3 Å². The lowest BCUT2D eigenvalue weighted by Gasteiger charge is -2.08. The Balaban J connectivity index is 2.61. The summed E-state index contributed by atoms with van der Waals surface area (Å²) in [5.74, 6) is -1.08. The van der Waals surface area contributed by atoms with Gasteiger partial charge in [0.1, 0.15) is 0 Å². The minimum atomic E-state index is -2.80. The van der Waals surface area contributed by atoms with E-state index in [2.05, 4.69) is 4.98 Å². The van der Waals surface area contributed by atoms with E-state index >= 15 is 0 Å². The number of hydrogen-bond acceptors (Lipinski definition) is 2. The fourth-order valence-corrected chi connectivity index (χ4v) is 1.14. The Labute approximate surface area is 87.7 Å². The van der Waals surface area contributed by atoms with E-state index in [4.69, 9.17) is 5.11 Å². The fraction of sp³-hybridized carbons (Fsp3) is 0.333. The summed E-state index contributed by atoms with van der Waals surface area (Å²) in [6.07, 6.45) is 0.964. The van der Waals surface area contributed by atoms with Crippen molar-refractivity contribution < 1.29 is 18.7 Å². The third-order valence-electron chi connectivity index (χ3n) is 1.79. The highest BCUT2D eigenvalue weighted by atomic mass is 31.0. The van der Waals surface area contributed by atoms with E-state index in [0.717, 1.165) is 0 Å². The minimum absolute atomic E-state index is 0.0522. The van der Waals surface area contributed by atoms with Crippen molar-refractivity contribution in [3.63, 3.8) is 0 Å². The number of carboxylic acid groups (broad SMARTS) is 1. The fourth-order valence-electron chi connectivity index (χ4n) is 0.994. The molecule has 0 spiro atoms. The summed E-state index contributed by atoms with van der Waals surface area (Å²) < 4.78 is 24.9. The molecular weight excluding hydrogens is 223 g/mol. The molecule has 0 fully saturated rings. The van der Waals surface area contributed by atoms with Crippen LogP contribution < -0.4 is 0 Å². The normalized spacial score (nSPS) is 11.4. The second-order valence-corrected chi connectivity index (χ2v) is 3.95. The molecular formula is C9H10F2NO2P. The van der Waals surface area contributed by atoms with E-state index in [-0.39, 0.29) is 18.4 Å². The SMILES string of the molecule is O=C(O)c1ccc(CCC(F)(F)P)nc1. The topological polar surface area (TPSA) is 50.2 Å². The van der Waals surface area contributed by atoms with Crippen LogP contribution >= 0.6 is 9.24 Å². The van der Waals surface area contributed by atoms with Gasteiger partial charge in [-0.3, -0.25) is 4.98 Å². The zero-order chi connectivity index (χ0) is 11.5. The Morgan fingerprint density at radius 2 is 2.20 bits per heavy atom. The van der Waals surface area contributed by atoms with E-state index in [1.165, 1.54) is 27.6 Å². The molecule has 1 aromatic rings. The lowest BCUT2D eigenvalue weighted by molar-refractivity contribution is 0.0696. The number of pyridine rings is 1. The highest BCUT2D eigenvalue weighted by molar-refractivity contribution is 7.18. The molecule has 6 heteroatoms. The summed E-state index contributed by atoms with van der Waals surface area (Å²) in [5, 5.41) is 8.57. The van der Waals surface area contributed by atoms with Gasteiger partial charge in [0, 0.05) is 18.3 Å². The molecule has 1 atom stereocenters. The van der Waals surface area contributed by atoms with Gasteiger partial charge in [-0.1, -0.05) is 9.24 Å². The molecule has 82 valence electrons. The Hall–Kier alpha value is -1.09. The molecule has 1 aromatic heterocycles. The first-order valence-electron chi connectivity index (χ1n) is 4.23. The molecule has 1 unspecified atom stereocenters. The van der Waals surface area contributed by atoms with Gasteiger partial charge in [0.05, 0.1) is 5.56 Å². The van der Waals surface area contributed by atoms with Crippen LogP contribution in [0.2, 0.25) is 0 Å². The Kier molecular flexibility index (Phi) is 3.69. The maximum absolute atomic E-state index is 12.5. The van der Waals surface area contributed by atoms with Crippen LogP contribution in [0.1, 0.15) is 22.5 Å². The van der Waals surface area contributed by atoms with Gasteiger partial charge in [0.25, 0.3) is 5.66 Å². The molecule has 1 rings (SSSR count). The molecule has 15 heavy (non-hydrogen) atoms. The minimum Gasteiger partial charge on any atom is -0.478 e. The van der Waals surface area contributed by atoms with Gasteiger partial charge in [0.2, 0.25) is 0 Å². The monoisotopic (exact) mass is 233 g/mol. The van der Waals surface area contributed by atoms with Crippen LogP contribution in [0.4, 0.5) is 8.78 Å². The molecule has 0 radical (unpaired) electrons. The molecule has 0 aliphatic rings. The van der Waals surface area contributed by atoms with Gasteiger partial charge < -0.3 is 5.11 Å². The van der Waals surface area contributed by atoms with Crippen molar-refractivity contribution in [3.8, 4) is 0 Å². The standard InChI is InChI=1S/C9H10F2NO2P/c10-9(11,15)4-3-7-2-1-6(5-12-7)8(13)14/h1-2,5H,3-4,15H2,(H,13,14). The smallest absolute Gasteiger partial charge is 0.337 e. The average molecular weight is 233 g/mol. The van der Waals surface area contributed by atoms with E-state index in [1.807, 2.05) is 0 Å². The van der Waals surface area contributed by atoms with E-state index < -0.39 is 11.6 Å². The molecule has 3 nitrogen and oxygen atoms in total. The van der Waals surface area contributed by atoms with Gasteiger partial charge in [0.15, 0.2) is 0 Å². The van der Waals surface area contributed by atoms with Crippen LogP contribution in [-0.4, -0.2) is 21.7 Å². The summed E-state index contributed by atoms with van der Waals surface area (Å²) in [4.78, 5) is 14.2. The lowest BCUT2D eigenvalue weighted by Crippen LogP contribution is -2.07. The van der Waals surface area contributed by atoms with E-state index in [9.17, 15) is 13.6 Å². The molecule has 0 bridgehead atoms. The third-order valence-corrected chi connectivity index (χ3v) is 2.07. The van der Waals surface area contributed by atoms with E-state index in [0.29, 0.717) is 5.69 Å². The van der Waals surface area contributed by atoms with Crippen molar-refractivity contribution in [3.05, 3.63) is 29.6 Å². The number of nitrogens with zero attached hydrogens (tertiary/aromatic N) is 1. The zero-order valence-corrected chi connectivity index (χ0v) is 8.94. The third kappa shape index (κ3) is 4.30. The number of hydrogen-bond donors (Lipinski definition) is 1. The number of rotatable bonds is 4. The molecule has 1 heterocycles. The van der Waals surface area contributed by atoms with Gasteiger partial charge >= 0.3 is 5.97 Å². The quantitative estimate of drug-likeness (QED) is 0.811. The number of aromatic carboxylic acids is 1. The maximum Gasteiger partial charge on any atom is 0.337 e. The van der Waals surface area contributed by atoms with Crippen LogP contribution in [0.5, 0.6) is 0 Å². The number of aryl methyl sites for hydroxylation is 1. The predicted molar refractivity (Wildman–Crippen MR) is 54.2 cm³/mol. The second kappa shape index (κ2) is 4.62. The average Bonchev–Trinajstić information content (AvgIpc) is 2.14. The molecule has 0 aromatic carbocycles. The van der Waals surface area contributed by atoms with Crippen LogP contribution in [0.25, 0.3) is 0 Å². The van der Waals surface area contributed by atoms with Crippen molar-refractivity contribution in [2.75, 3.05) is 0 Å². The summed E-state index contributed by atoms with van der Waals surface area (Å²) in [6.45, 7) is 0. The van der Waals surface area contributed by atoms with Crippen molar-refractivity contribution in [1.29, 1.82) is 0 Å². The van der Waals surface area contributed by atoms with Gasteiger partial charge in [-0.15, -0.1) is 0 Å². The number of halogens is 2. The maximum atomic E-state index is 12.5. The Morgan fingerprint density at radius 1 is 1.53 bits per heavy atom. The van der Waals surface area contributed by atoms with Crippen molar-refractivity contribution >= 4 is 15.2 Å². The van der Waals surface area contributed by atoms with Gasteiger partial charge in [-0.25, -0.2) is 13.6 Å². The van der Waals surface area contributed by atoms with E-state index in [1.54, 1.807) is 0 Å². The van der Waals surface area contributed by atoms with Crippen molar-refractivity contribution in [1.82, 2.24) is 4.98 Å². The molecule has 0 saturated carbocycles. The first-order valence-corrected chi connectivity index (χ1v) is 4.81. The number of aromatic nitrogens is 1.